The summed E-state index contributed by atoms with van der Waals surface area (Å²) in [5.41, 5.74) is 1.10. The standard InChI is InChI=1S/C13H13N3O3S/c1-2-19-12(18)11(17)14-13-16-15-10(20-13)8-9-6-4-3-5-7-9/h3-7H,2,8H2,1H3,(H,14,16,17). The number of hydrogen-bond acceptors (Lipinski definition) is 6. The number of nitrogens with zero attached hydrogens (tertiary/aromatic N) is 2. The fourth-order valence-electron chi connectivity index (χ4n) is 1.49. The van der Waals surface area contributed by atoms with Crippen LogP contribution in [0.5, 0.6) is 0 Å². The molecule has 0 unspecified atom stereocenters. The van der Waals surface area contributed by atoms with E-state index in [2.05, 4.69) is 20.3 Å². The Hall–Kier alpha value is -2.28. The van der Waals surface area contributed by atoms with E-state index in [4.69, 9.17) is 0 Å². The predicted octanol–water partition coefficient (Wildman–Crippen LogP) is 1.63. The third-order valence-electron chi connectivity index (χ3n) is 2.35. The van der Waals surface area contributed by atoms with Crippen molar-refractivity contribution in [2.45, 2.75) is 13.3 Å². The minimum absolute atomic E-state index is 0.154. The molecule has 20 heavy (non-hydrogen) atoms. The van der Waals surface area contributed by atoms with Gasteiger partial charge in [-0.15, -0.1) is 10.2 Å². The van der Waals surface area contributed by atoms with Gasteiger partial charge in [-0.25, -0.2) is 4.79 Å². The van der Waals surface area contributed by atoms with E-state index < -0.39 is 11.9 Å². The average molecular weight is 291 g/mol. The lowest BCUT2D eigenvalue weighted by atomic mass is 10.2. The topological polar surface area (TPSA) is 81.2 Å². The third-order valence-corrected chi connectivity index (χ3v) is 3.18. The van der Waals surface area contributed by atoms with Crippen molar-refractivity contribution in [3.05, 3.63) is 40.9 Å². The van der Waals surface area contributed by atoms with E-state index in [0.29, 0.717) is 6.42 Å². The number of anilines is 1. The molecule has 1 amide bonds. The van der Waals surface area contributed by atoms with Gasteiger partial charge in [0.1, 0.15) is 5.01 Å². The number of ether oxygens (including phenoxy) is 1. The number of nitrogens with one attached hydrogen (secondary N) is 1. The molecule has 1 aromatic carbocycles. The first-order valence-electron chi connectivity index (χ1n) is 6.03. The molecular formula is C13H13N3O3S. The van der Waals surface area contributed by atoms with Crippen molar-refractivity contribution < 1.29 is 14.3 Å². The highest BCUT2D eigenvalue weighted by Crippen LogP contribution is 2.18. The number of benzene rings is 1. The van der Waals surface area contributed by atoms with Crippen molar-refractivity contribution in [1.82, 2.24) is 10.2 Å². The molecule has 1 N–H and O–H groups in total. The first-order chi connectivity index (χ1) is 9.69. The summed E-state index contributed by atoms with van der Waals surface area (Å²) in [6, 6.07) is 9.80. The molecule has 0 atom stereocenters. The minimum Gasteiger partial charge on any atom is -0.459 e. The monoisotopic (exact) mass is 291 g/mol. The molecule has 0 radical (unpaired) electrons. The minimum atomic E-state index is -0.924. The van der Waals surface area contributed by atoms with Crippen LogP contribution in [0, 0.1) is 0 Å². The fraction of sp³-hybridized carbons (Fsp3) is 0.231. The Morgan fingerprint density at radius 3 is 2.70 bits per heavy atom. The molecular weight excluding hydrogens is 278 g/mol. The van der Waals surface area contributed by atoms with Gasteiger partial charge in [0.25, 0.3) is 0 Å². The van der Waals surface area contributed by atoms with Crippen LogP contribution < -0.4 is 5.32 Å². The van der Waals surface area contributed by atoms with E-state index in [0.717, 1.165) is 10.6 Å². The van der Waals surface area contributed by atoms with Gasteiger partial charge in [-0.2, -0.15) is 0 Å². The van der Waals surface area contributed by atoms with Gasteiger partial charge in [0.2, 0.25) is 5.13 Å². The van der Waals surface area contributed by atoms with Crippen molar-refractivity contribution in [3.63, 3.8) is 0 Å². The van der Waals surface area contributed by atoms with E-state index in [1.807, 2.05) is 30.3 Å². The molecule has 0 bridgehead atoms. The highest BCUT2D eigenvalue weighted by molar-refractivity contribution is 7.15. The van der Waals surface area contributed by atoms with E-state index in [1.165, 1.54) is 11.3 Å². The molecule has 0 fully saturated rings. The second-order valence-electron chi connectivity index (χ2n) is 3.84. The Kier molecular flexibility index (Phi) is 4.78. The second-order valence-corrected chi connectivity index (χ2v) is 4.90. The van der Waals surface area contributed by atoms with E-state index in [-0.39, 0.29) is 11.7 Å². The lowest BCUT2D eigenvalue weighted by Gasteiger charge is -1.99. The Labute approximate surface area is 119 Å². The Morgan fingerprint density at radius 1 is 1.25 bits per heavy atom. The van der Waals surface area contributed by atoms with Crippen LogP contribution in [0.15, 0.2) is 30.3 Å². The van der Waals surface area contributed by atoms with Gasteiger partial charge in [0.15, 0.2) is 0 Å². The molecule has 7 heteroatoms. The van der Waals surface area contributed by atoms with Crippen LogP contribution >= 0.6 is 11.3 Å². The molecule has 2 rings (SSSR count). The van der Waals surface area contributed by atoms with Gasteiger partial charge in [-0.3, -0.25) is 10.1 Å². The Bertz CT molecular complexity index is 598. The van der Waals surface area contributed by atoms with Crippen molar-refractivity contribution in [3.8, 4) is 0 Å². The summed E-state index contributed by atoms with van der Waals surface area (Å²) < 4.78 is 4.58. The maximum absolute atomic E-state index is 11.4. The summed E-state index contributed by atoms with van der Waals surface area (Å²) in [6.07, 6.45) is 0.633. The number of aromatic nitrogens is 2. The van der Waals surface area contributed by atoms with Crippen LogP contribution in [0.2, 0.25) is 0 Å². The largest absolute Gasteiger partial charge is 0.459 e. The molecule has 104 valence electrons. The molecule has 0 aliphatic rings. The smallest absolute Gasteiger partial charge is 0.397 e. The summed E-state index contributed by atoms with van der Waals surface area (Å²) in [5.74, 6) is -1.76. The summed E-state index contributed by atoms with van der Waals surface area (Å²) >= 11 is 1.23. The summed E-state index contributed by atoms with van der Waals surface area (Å²) in [6.45, 7) is 1.79. The first-order valence-corrected chi connectivity index (χ1v) is 6.85. The third kappa shape index (κ3) is 3.86. The summed E-state index contributed by atoms with van der Waals surface area (Å²) in [5, 5.41) is 11.2. The maximum atomic E-state index is 11.4. The molecule has 0 saturated heterocycles. The molecule has 0 aliphatic heterocycles. The molecule has 6 nitrogen and oxygen atoms in total. The quantitative estimate of drug-likeness (QED) is 0.684. The summed E-state index contributed by atoms with van der Waals surface area (Å²) in [7, 11) is 0. The highest BCUT2D eigenvalue weighted by atomic mass is 32.1. The van der Waals surface area contributed by atoms with Gasteiger partial charge in [-0.1, -0.05) is 41.7 Å². The molecule has 0 spiro atoms. The summed E-state index contributed by atoms with van der Waals surface area (Å²) in [4.78, 5) is 22.6. The average Bonchev–Trinajstić information content (AvgIpc) is 2.87. The highest BCUT2D eigenvalue weighted by Gasteiger charge is 2.17. The molecule has 0 aliphatic carbocycles. The molecule has 0 saturated carbocycles. The Balaban J connectivity index is 1.96. The number of carbonyl (C=O) groups is 2. The number of rotatable bonds is 4. The molecule has 2 aromatic rings. The van der Waals surface area contributed by atoms with Gasteiger partial charge >= 0.3 is 11.9 Å². The zero-order valence-corrected chi connectivity index (χ0v) is 11.6. The van der Waals surface area contributed by atoms with Gasteiger partial charge < -0.3 is 4.74 Å². The van der Waals surface area contributed by atoms with Gasteiger partial charge in [0.05, 0.1) is 6.61 Å². The number of carbonyl (C=O) groups excluding carboxylic acids is 2. The fourth-order valence-corrected chi connectivity index (χ4v) is 2.26. The zero-order valence-electron chi connectivity index (χ0n) is 10.8. The van der Waals surface area contributed by atoms with Crippen LogP contribution in [-0.4, -0.2) is 28.7 Å². The van der Waals surface area contributed by atoms with Crippen molar-refractivity contribution >= 4 is 28.3 Å². The lowest BCUT2D eigenvalue weighted by molar-refractivity contribution is -0.152. The predicted molar refractivity (Wildman–Crippen MR) is 74.4 cm³/mol. The van der Waals surface area contributed by atoms with E-state index in [1.54, 1.807) is 6.92 Å². The van der Waals surface area contributed by atoms with Crippen LogP contribution in [-0.2, 0) is 20.7 Å². The molecule has 1 heterocycles. The Morgan fingerprint density at radius 2 is 2.00 bits per heavy atom. The van der Waals surface area contributed by atoms with E-state index in [9.17, 15) is 9.59 Å². The van der Waals surface area contributed by atoms with Crippen LogP contribution in [0.4, 0.5) is 5.13 Å². The van der Waals surface area contributed by atoms with Gasteiger partial charge in [-0.05, 0) is 12.5 Å². The van der Waals surface area contributed by atoms with Gasteiger partial charge in [0, 0.05) is 6.42 Å². The maximum Gasteiger partial charge on any atom is 0.397 e. The lowest BCUT2D eigenvalue weighted by Crippen LogP contribution is -2.24. The normalized spacial score (nSPS) is 10.1. The van der Waals surface area contributed by atoms with Crippen LogP contribution in [0.25, 0.3) is 0 Å². The first kappa shape index (κ1) is 14.1. The SMILES string of the molecule is CCOC(=O)C(=O)Nc1nnc(Cc2ccccc2)s1. The van der Waals surface area contributed by atoms with Crippen molar-refractivity contribution in [2.24, 2.45) is 0 Å². The van der Waals surface area contributed by atoms with Crippen molar-refractivity contribution in [2.75, 3.05) is 11.9 Å². The second kappa shape index (κ2) is 6.76. The van der Waals surface area contributed by atoms with Crippen LogP contribution in [0.1, 0.15) is 17.5 Å². The number of hydrogen-bond donors (Lipinski definition) is 1. The van der Waals surface area contributed by atoms with Crippen molar-refractivity contribution in [1.29, 1.82) is 0 Å². The number of esters is 1. The zero-order chi connectivity index (χ0) is 14.4. The van der Waals surface area contributed by atoms with E-state index >= 15 is 0 Å². The van der Waals surface area contributed by atoms with Crippen LogP contribution in [0.3, 0.4) is 0 Å². The molecule has 1 aromatic heterocycles. The number of amides is 1.